The molecule has 1 fully saturated rings. The molecule has 8 heteroatoms. The third-order valence-electron chi connectivity index (χ3n) is 6.02. The highest BCUT2D eigenvalue weighted by molar-refractivity contribution is 6.11. The van der Waals surface area contributed by atoms with Crippen molar-refractivity contribution in [3.8, 4) is 11.1 Å². The van der Waals surface area contributed by atoms with Crippen LogP contribution in [0.1, 0.15) is 18.0 Å². The minimum atomic E-state index is -1.08. The first-order valence-corrected chi connectivity index (χ1v) is 10.5. The number of hydrogen-bond acceptors (Lipinski definition) is 3. The average molecular weight is 447 g/mol. The van der Waals surface area contributed by atoms with E-state index in [0.717, 1.165) is 22.1 Å². The molecule has 2 atom stereocenters. The predicted octanol–water partition coefficient (Wildman–Crippen LogP) is 3.79. The quantitative estimate of drug-likeness (QED) is 0.600. The van der Waals surface area contributed by atoms with Gasteiger partial charge in [0.25, 0.3) is 5.91 Å². The van der Waals surface area contributed by atoms with E-state index >= 15 is 0 Å². The molecule has 0 spiro atoms. The maximum atomic E-state index is 14.2. The van der Waals surface area contributed by atoms with Crippen LogP contribution in [0.3, 0.4) is 0 Å². The van der Waals surface area contributed by atoms with E-state index in [1.807, 2.05) is 24.3 Å². The lowest BCUT2D eigenvalue weighted by atomic mass is 9.95. The Morgan fingerprint density at radius 1 is 0.970 bits per heavy atom. The number of benzene rings is 3. The van der Waals surface area contributed by atoms with Gasteiger partial charge in [-0.05, 0) is 35.7 Å². The fraction of sp³-hybridized carbons (Fsp3) is 0.160. The molecule has 2 aliphatic rings. The molecule has 5 rings (SSSR count). The number of fused-ring (bicyclic) bond motifs is 3. The topological polar surface area (TPSA) is 78.5 Å². The van der Waals surface area contributed by atoms with Gasteiger partial charge in [0.05, 0.1) is 5.69 Å². The van der Waals surface area contributed by atoms with Crippen molar-refractivity contribution in [3.63, 3.8) is 0 Å². The number of amides is 3. The third kappa shape index (κ3) is 3.63. The summed E-state index contributed by atoms with van der Waals surface area (Å²) in [6.07, 6.45) is 0.150. The van der Waals surface area contributed by atoms with Gasteiger partial charge < -0.3 is 15.5 Å². The molecule has 2 aliphatic heterocycles. The molecule has 3 amide bonds. The normalized spacial score (nSPS) is 19.4. The zero-order valence-corrected chi connectivity index (χ0v) is 17.3. The van der Waals surface area contributed by atoms with E-state index in [4.69, 9.17) is 0 Å². The highest BCUT2D eigenvalue weighted by Gasteiger charge is 2.40. The fourth-order valence-electron chi connectivity index (χ4n) is 4.42. The van der Waals surface area contributed by atoms with Crippen LogP contribution in [0, 0.1) is 17.6 Å². The van der Waals surface area contributed by atoms with E-state index in [-0.39, 0.29) is 18.7 Å². The van der Waals surface area contributed by atoms with Crippen LogP contribution in [0.25, 0.3) is 11.1 Å². The van der Waals surface area contributed by atoms with Gasteiger partial charge in [-0.1, -0.05) is 42.5 Å². The summed E-state index contributed by atoms with van der Waals surface area (Å²) in [6.45, 7) is 0.109. The van der Waals surface area contributed by atoms with Gasteiger partial charge in [-0.2, -0.15) is 0 Å². The number of carbonyl (C=O) groups is 3. The van der Waals surface area contributed by atoms with Gasteiger partial charge in [0, 0.05) is 23.9 Å². The summed E-state index contributed by atoms with van der Waals surface area (Å²) in [5.41, 5.74) is 2.78. The Labute approximate surface area is 188 Å². The molecule has 33 heavy (non-hydrogen) atoms. The smallest absolute Gasteiger partial charge is 0.251 e. The zero-order chi connectivity index (χ0) is 23.1. The van der Waals surface area contributed by atoms with E-state index in [2.05, 4.69) is 10.6 Å². The Kier molecular flexibility index (Phi) is 5.12. The van der Waals surface area contributed by atoms with Gasteiger partial charge in [0.15, 0.2) is 0 Å². The van der Waals surface area contributed by atoms with Gasteiger partial charge in [0.1, 0.15) is 23.6 Å². The number of carbonyl (C=O) groups excluding carboxylic acids is 3. The van der Waals surface area contributed by atoms with Crippen LogP contribution in [0.15, 0.2) is 66.7 Å². The number of nitrogens with zero attached hydrogens (tertiary/aromatic N) is 1. The second kappa shape index (κ2) is 8.12. The summed E-state index contributed by atoms with van der Waals surface area (Å²) in [6, 6.07) is 16.5. The Bertz CT molecular complexity index is 1290. The molecule has 2 heterocycles. The molecular weight excluding hydrogens is 428 g/mol. The molecule has 1 unspecified atom stereocenters. The predicted molar refractivity (Wildman–Crippen MR) is 118 cm³/mol. The number of nitrogens with one attached hydrogen (secondary N) is 2. The third-order valence-corrected chi connectivity index (χ3v) is 6.02. The largest absolute Gasteiger partial charge is 0.340 e. The van der Waals surface area contributed by atoms with E-state index < -0.39 is 41.3 Å². The summed E-state index contributed by atoms with van der Waals surface area (Å²) in [5.74, 6) is -4.35. The van der Waals surface area contributed by atoms with Crippen molar-refractivity contribution in [2.45, 2.75) is 12.5 Å². The Morgan fingerprint density at radius 2 is 1.70 bits per heavy atom. The lowest BCUT2D eigenvalue weighted by Crippen LogP contribution is -2.42. The van der Waals surface area contributed by atoms with E-state index in [1.165, 1.54) is 6.07 Å². The van der Waals surface area contributed by atoms with Crippen LogP contribution in [-0.4, -0.2) is 24.3 Å². The zero-order valence-electron chi connectivity index (χ0n) is 17.3. The Balaban J connectivity index is 1.41. The highest BCUT2D eigenvalue weighted by atomic mass is 19.1. The molecule has 166 valence electrons. The summed E-state index contributed by atoms with van der Waals surface area (Å²) in [5, 5.41) is 5.56. The van der Waals surface area contributed by atoms with Crippen molar-refractivity contribution in [1.82, 2.24) is 5.32 Å². The van der Waals surface area contributed by atoms with E-state index in [0.29, 0.717) is 17.3 Å². The van der Waals surface area contributed by atoms with Crippen LogP contribution in [0.5, 0.6) is 0 Å². The lowest BCUT2D eigenvalue weighted by Gasteiger charge is -2.21. The second-order valence-corrected chi connectivity index (χ2v) is 7.99. The van der Waals surface area contributed by atoms with E-state index in [9.17, 15) is 23.2 Å². The van der Waals surface area contributed by atoms with Crippen molar-refractivity contribution >= 4 is 29.1 Å². The van der Waals surface area contributed by atoms with Gasteiger partial charge in [-0.15, -0.1) is 0 Å². The van der Waals surface area contributed by atoms with E-state index in [1.54, 1.807) is 24.3 Å². The second-order valence-electron chi connectivity index (χ2n) is 7.99. The van der Waals surface area contributed by atoms with Crippen molar-refractivity contribution in [1.29, 1.82) is 0 Å². The van der Waals surface area contributed by atoms with Crippen LogP contribution in [-0.2, 0) is 14.4 Å². The van der Waals surface area contributed by atoms with Crippen molar-refractivity contribution < 1.29 is 23.2 Å². The van der Waals surface area contributed by atoms with Gasteiger partial charge in [0.2, 0.25) is 11.8 Å². The van der Waals surface area contributed by atoms with Gasteiger partial charge in [-0.25, -0.2) is 8.78 Å². The molecule has 0 radical (unpaired) electrons. The maximum Gasteiger partial charge on any atom is 0.251 e. The first kappa shape index (κ1) is 20.8. The van der Waals surface area contributed by atoms with Crippen LogP contribution in [0.4, 0.5) is 20.2 Å². The molecular formula is C25H19F2N3O3. The number of anilines is 2. The molecule has 3 aromatic carbocycles. The summed E-state index contributed by atoms with van der Waals surface area (Å²) in [4.78, 5) is 40.2. The van der Waals surface area contributed by atoms with Gasteiger partial charge >= 0.3 is 0 Å². The lowest BCUT2D eigenvalue weighted by molar-refractivity contribution is -0.134. The average Bonchev–Trinajstić information content (AvgIpc) is 3.13. The Hall–Kier alpha value is -4.07. The number of para-hydroxylation sites is 1. The number of halogens is 2. The molecule has 0 saturated carbocycles. The molecule has 1 saturated heterocycles. The monoisotopic (exact) mass is 447 g/mol. The molecule has 0 aromatic heterocycles. The molecule has 2 N–H and O–H groups in total. The van der Waals surface area contributed by atoms with Crippen molar-refractivity contribution in [2.75, 3.05) is 16.8 Å². The van der Waals surface area contributed by atoms with Gasteiger partial charge in [-0.3, -0.25) is 14.4 Å². The molecule has 6 nitrogen and oxygen atoms in total. The van der Waals surface area contributed by atoms with Crippen molar-refractivity contribution in [2.24, 2.45) is 5.92 Å². The summed E-state index contributed by atoms with van der Waals surface area (Å²) >= 11 is 0. The minimum absolute atomic E-state index is 0.0790. The Morgan fingerprint density at radius 3 is 2.48 bits per heavy atom. The van der Waals surface area contributed by atoms with Crippen LogP contribution < -0.4 is 15.5 Å². The molecule has 3 aromatic rings. The summed E-state index contributed by atoms with van der Waals surface area (Å²) in [7, 11) is 0. The first-order chi connectivity index (χ1) is 15.9. The highest BCUT2D eigenvalue weighted by Crippen LogP contribution is 2.37. The fourth-order valence-corrected chi connectivity index (χ4v) is 4.42. The number of hydrogen-bond donors (Lipinski definition) is 2. The van der Waals surface area contributed by atoms with Crippen LogP contribution in [0.2, 0.25) is 0 Å². The minimum Gasteiger partial charge on any atom is -0.340 e. The van der Waals surface area contributed by atoms with Crippen molar-refractivity contribution in [3.05, 3.63) is 83.9 Å². The van der Waals surface area contributed by atoms with Crippen LogP contribution >= 0.6 is 0 Å². The SMILES string of the molecule is O=C(N[C@@H]1C(=O)Nc2ccccc2-c2ccccc21)C1CCN(c2ccc(F)cc2F)C1=O. The first-order valence-electron chi connectivity index (χ1n) is 10.5. The molecule has 0 aliphatic carbocycles. The molecule has 0 bridgehead atoms. The number of rotatable bonds is 3. The maximum absolute atomic E-state index is 14.2. The summed E-state index contributed by atoms with van der Waals surface area (Å²) < 4.78 is 27.4. The standard InChI is InChI=1S/C25H19F2N3O3/c26-14-9-10-21(19(27)13-14)30-12-11-18(25(30)33)23(31)29-22-17-7-2-1-5-15(17)16-6-3-4-8-20(16)28-24(22)32/h1-10,13,18,22H,11-12H2,(H,28,32)(H,29,31)/t18?,22-/m0/s1.